The topological polar surface area (TPSA) is 101 Å². The molecule has 2 aliphatic heterocycles. The lowest BCUT2D eigenvalue weighted by molar-refractivity contribution is -0.122. The summed E-state index contributed by atoms with van der Waals surface area (Å²) >= 11 is 0. The van der Waals surface area contributed by atoms with Crippen LogP contribution < -0.4 is 25.1 Å². The van der Waals surface area contributed by atoms with Crippen LogP contribution in [0.2, 0.25) is 0 Å². The molecule has 1 fully saturated rings. The Morgan fingerprint density at radius 2 is 2.04 bits per heavy atom. The molecule has 4 rings (SSSR count). The highest BCUT2D eigenvalue weighted by atomic mass is 16.7. The Bertz CT molecular complexity index is 907. The number of pyridine rings is 1. The van der Waals surface area contributed by atoms with Crippen LogP contribution in [0.4, 0.5) is 11.4 Å². The number of aromatic nitrogens is 1. The van der Waals surface area contributed by atoms with Crippen molar-refractivity contribution in [1.82, 2.24) is 4.98 Å². The van der Waals surface area contributed by atoms with Gasteiger partial charge in [-0.1, -0.05) is 0 Å². The molecule has 0 spiro atoms. The summed E-state index contributed by atoms with van der Waals surface area (Å²) in [5, 5.41) is 2.58. The molecule has 128 valence electrons. The normalized spacial score (nSPS) is 18.5. The van der Waals surface area contributed by atoms with Crippen molar-refractivity contribution in [2.45, 2.75) is 6.42 Å². The van der Waals surface area contributed by atoms with Crippen molar-refractivity contribution >= 4 is 23.2 Å². The number of amides is 2. The van der Waals surface area contributed by atoms with Crippen LogP contribution in [-0.4, -0.2) is 30.1 Å². The molecule has 2 N–H and O–H groups in total. The van der Waals surface area contributed by atoms with Crippen molar-refractivity contribution in [3.63, 3.8) is 0 Å². The molecule has 2 aliphatic rings. The Hall–Kier alpha value is -3.29. The first kappa shape index (κ1) is 15.3. The summed E-state index contributed by atoms with van der Waals surface area (Å²) < 4.78 is 10.6. The minimum absolute atomic E-state index is 0.0883. The van der Waals surface area contributed by atoms with Gasteiger partial charge < -0.3 is 24.7 Å². The van der Waals surface area contributed by atoms with E-state index in [1.807, 2.05) is 0 Å². The van der Waals surface area contributed by atoms with Crippen molar-refractivity contribution in [3.8, 4) is 11.5 Å². The number of nitrogens with one attached hydrogen (secondary N) is 2. The number of hydrogen-bond donors (Lipinski definition) is 2. The molecule has 1 saturated heterocycles. The number of anilines is 2. The van der Waals surface area contributed by atoms with Crippen molar-refractivity contribution in [3.05, 3.63) is 46.9 Å². The lowest BCUT2D eigenvalue weighted by Crippen LogP contribution is -2.29. The van der Waals surface area contributed by atoms with E-state index in [0.29, 0.717) is 17.2 Å². The maximum absolute atomic E-state index is 12.4. The number of fused-ring (bicyclic) bond motifs is 1. The molecule has 0 saturated carbocycles. The average molecular weight is 341 g/mol. The number of hydrogen-bond acceptors (Lipinski definition) is 5. The van der Waals surface area contributed by atoms with Gasteiger partial charge in [0.25, 0.3) is 0 Å². The van der Waals surface area contributed by atoms with Crippen LogP contribution in [-0.2, 0) is 9.59 Å². The van der Waals surface area contributed by atoms with E-state index in [0.717, 1.165) is 0 Å². The standard InChI is InChI=1S/C17H15N3O5/c21-13-3-4-18-7-12(13)19-17(23)10-5-16(22)20(8-10)11-1-2-14-15(6-11)25-9-24-14/h1-4,6-7,10H,5,8-9H2,(H,18,21)(H,19,23)/t10-/m0/s1. The zero-order valence-corrected chi connectivity index (χ0v) is 13.2. The molecule has 2 amide bonds. The molecular weight excluding hydrogens is 326 g/mol. The average Bonchev–Trinajstić information content (AvgIpc) is 3.22. The van der Waals surface area contributed by atoms with Gasteiger partial charge in [0, 0.05) is 43.2 Å². The highest BCUT2D eigenvalue weighted by Gasteiger charge is 2.35. The second-order valence-corrected chi connectivity index (χ2v) is 5.85. The van der Waals surface area contributed by atoms with Crippen molar-refractivity contribution in [2.75, 3.05) is 23.6 Å². The fourth-order valence-corrected chi connectivity index (χ4v) is 2.93. The Labute approximate surface area is 142 Å². The second kappa shape index (κ2) is 5.97. The van der Waals surface area contributed by atoms with E-state index >= 15 is 0 Å². The molecule has 2 aromatic rings. The third kappa shape index (κ3) is 2.82. The van der Waals surface area contributed by atoms with E-state index in [-0.39, 0.29) is 42.7 Å². The van der Waals surface area contributed by atoms with Crippen molar-refractivity contribution < 1.29 is 19.1 Å². The number of carbonyl (C=O) groups is 2. The van der Waals surface area contributed by atoms with Crippen LogP contribution in [0.15, 0.2) is 41.5 Å². The molecule has 0 unspecified atom stereocenters. The predicted octanol–water partition coefficient (Wildman–Crippen LogP) is 1.10. The molecule has 25 heavy (non-hydrogen) atoms. The third-order valence-corrected chi connectivity index (χ3v) is 4.25. The molecular formula is C17H15N3O5. The largest absolute Gasteiger partial charge is 0.454 e. The number of aromatic amines is 1. The molecule has 0 radical (unpaired) electrons. The van der Waals surface area contributed by atoms with E-state index in [2.05, 4.69) is 10.3 Å². The first-order chi connectivity index (χ1) is 12.1. The van der Waals surface area contributed by atoms with Crippen LogP contribution in [0, 0.1) is 5.92 Å². The van der Waals surface area contributed by atoms with Gasteiger partial charge >= 0.3 is 0 Å². The van der Waals surface area contributed by atoms with Gasteiger partial charge in [-0.3, -0.25) is 14.4 Å². The lowest BCUT2D eigenvalue weighted by atomic mass is 10.1. The van der Waals surface area contributed by atoms with Gasteiger partial charge in [0.1, 0.15) is 5.69 Å². The fourth-order valence-electron chi connectivity index (χ4n) is 2.93. The summed E-state index contributed by atoms with van der Waals surface area (Å²) in [5.41, 5.74) is 0.535. The van der Waals surface area contributed by atoms with Gasteiger partial charge in [-0.15, -0.1) is 0 Å². The van der Waals surface area contributed by atoms with E-state index in [9.17, 15) is 14.4 Å². The SMILES string of the molecule is O=C(Nc1c[nH]ccc1=O)[C@H]1CC(=O)N(c2ccc3c(c2)OCO3)C1. The van der Waals surface area contributed by atoms with Gasteiger partial charge in [0.15, 0.2) is 11.5 Å². The Balaban J connectivity index is 1.49. The molecule has 1 aromatic carbocycles. The number of rotatable bonds is 3. The summed E-state index contributed by atoms with van der Waals surface area (Å²) in [7, 11) is 0. The summed E-state index contributed by atoms with van der Waals surface area (Å²) in [4.78, 5) is 40.7. The molecule has 8 heteroatoms. The van der Waals surface area contributed by atoms with E-state index < -0.39 is 5.92 Å². The van der Waals surface area contributed by atoms with Crippen LogP contribution >= 0.6 is 0 Å². The van der Waals surface area contributed by atoms with Crippen molar-refractivity contribution in [1.29, 1.82) is 0 Å². The minimum atomic E-state index is -0.530. The maximum Gasteiger partial charge on any atom is 0.231 e. The first-order valence-corrected chi connectivity index (χ1v) is 7.80. The van der Waals surface area contributed by atoms with Crippen LogP contribution in [0.25, 0.3) is 0 Å². The highest BCUT2D eigenvalue weighted by Crippen LogP contribution is 2.37. The van der Waals surface area contributed by atoms with E-state index in [1.54, 1.807) is 23.1 Å². The number of carbonyl (C=O) groups excluding carboxylic acids is 2. The highest BCUT2D eigenvalue weighted by molar-refractivity contribution is 6.03. The maximum atomic E-state index is 12.4. The van der Waals surface area contributed by atoms with Crippen LogP contribution in [0.1, 0.15) is 6.42 Å². The first-order valence-electron chi connectivity index (χ1n) is 7.80. The van der Waals surface area contributed by atoms with Crippen LogP contribution in [0.5, 0.6) is 11.5 Å². The van der Waals surface area contributed by atoms with Gasteiger partial charge in [-0.25, -0.2) is 0 Å². The summed E-state index contributed by atoms with van der Waals surface area (Å²) in [6.45, 7) is 0.401. The number of ether oxygens (including phenoxy) is 2. The third-order valence-electron chi connectivity index (χ3n) is 4.25. The minimum Gasteiger partial charge on any atom is -0.454 e. The molecule has 0 aliphatic carbocycles. The lowest BCUT2D eigenvalue weighted by Gasteiger charge is -2.17. The molecule has 3 heterocycles. The van der Waals surface area contributed by atoms with Gasteiger partial charge in [-0.05, 0) is 12.1 Å². The monoisotopic (exact) mass is 341 g/mol. The van der Waals surface area contributed by atoms with Crippen LogP contribution in [0.3, 0.4) is 0 Å². The zero-order chi connectivity index (χ0) is 17.4. The summed E-state index contributed by atoms with van der Waals surface area (Å²) in [6, 6.07) is 6.55. The number of benzene rings is 1. The van der Waals surface area contributed by atoms with Crippen molar-refractivity contribution in [2.24, 2.45) is 5.92 Å². The quantitative estimate of drug-likeness (QED) is 0.870. The molecule has 0 bridgehead atoms. The Morgan fingerprint density at radius 1 is 1.20 bits per heavy atom. The second-order valence-electron chi connectivity index (χ2n) is 5.85. The number of H-pyrrole nitrogens is 1. The van der Waals surface area contributed by atoms with Gasteiger partial charge in [-0.2, -0.15) is 0 Å². The summed E-state index contributed by atoms with van der Waals surface area (Å²) in [5.74, 6) is 0.175. The molecule has 1 atom stereocenters. The predicted molar refractivity (Wildman–Crippen MR) is 88.7 cm³/mol. The smallest absolute Gasteiger partial charge is 0.231 e. The summed E-state index contributed by atoms with van der Waals surface area (Å²) in [6.07, 6.45) is 3.00. The zero-order valence-electron chi connectivity index (χ0n) is 13.2. The van der Waals surface area contributed by atoms with E-state index in [1.165, 1.54) is 18.5 Å². The fraction of sp³-hybridized carbons (Fsp3) is 0.235. The molecule has 8 nitrogen and oxygen atoms in total. The Morgan fingerprint density at radius 3 is 2.88 bits per heavy atom. The number of nitrogens with zero attached hydrogens (tertiary/aromatic N) is 1. The molecule has 1 aromatic heterocycles. The van der Waals surface area contributed by atoms with E-state index in [4.69, 9.17) is 9.47 Å². The Kier molecular flexibility index (Phi) is 3.64. The van der Waals surface area contributed by atoms with Gasteiger partial charge in [0.2, 0.25) is 24.0 Å². The van der Waals surface area contributed by atoms with Gasteiger partial charge in [0.05, 0.1) is 5.92 Å².